The number of halogens is 1. The highest BCUT2D eigenvalue weighted by Gasteiger charge is 2.25. The summed E-state index contributed by atoms with van der Waals surface area (Å²) in [5.41, 5.74) is 10.4. The summed E-state index contributed by atoms with van der Waals surface area (Å²) in [6.45, 7) is 7.66. The smallest absolute Gasteiger partial charge is 0.187 e. The molecule has 5 heteroatoms. The second-order valence-electron chi connectivity index (χ2n) is 15.3. The second kappa shape index (κ2) is 15.3. The Labute approximate surface area is 358 Å². The van der Waals surface area contributed by atoms with Gasteiger partial charge >= 0.3 is 0 Å². The standard InChI is InChI=1S/C57H36FN3O/c1-59-41-26-28-44(29-27-41)61(56-51(39-18-8-3-9-19-39)34-40(35-53(56)58)38-16-6-2-7-17-38)45-30-32-49-52(36-45)47-24-14-15-25-48(47)55-50-33-31-46(37-54(50)62-57(49)55)60(42-20-10-4-11-21-42)43-22-12-5-13-23-43/h2-37H. The predicted molar refractivity (Wildman–Crippen MR) is 255 cm³/mol. The van der Waals surface area contributed by atoms with Crippen molar-refractivity contribution in [2.45, 2.75) is 0 Å². The monoisotopic (exact) mass is 797 g/mol. The van der Waals surface area contributed by atoms with Crippen LogP contribution in [-0.4, -0.2) is 0 Å². The molecule has 11 rings (SSSR count). The third kappa shape index (κ3) is 6.30. The maximum absolute atomic E-state index is 17.3. The molecule has 1 heterocycles. The van der Waals surface area contributed by atoms with E-state index in [1.54, 1.807) is 18.2 Å². The molecule has 0 amide bonds. The maximum atomic E-state index is 17.3. The van der Waals surface area contributed by atoms with Gasteiger partial charge in [-0.05, 0) is 112 Å². The zero-order valence-corrected chi connectivity index (χ0v) is 33.4. The molecule has 0 bridgehead atoms. The molecule has 292 valence electrons. The largest absolute Gasteiger partial charge is 0.455 e. The number of furan rings is 1. The summed E-state index contributed by atoms with van der Waals surface area (Å²) in [5, 5.41) is 6.14. The van der Waals surface area contributed by atoms with E-state index in [4.69, 9.17) is 11.0 Å². The van der Waals surface area contributed by atoms with Crippen LogP contribution in [0, 0.1) is 12.4 Å². The van der Waals surface area contributed by atoms with Crippen LogP contribution in [0.15, 0.2) is 223 Å². The van der Waals surface area contributed by atoms with E-state index in [1.165, 1.54) is 0 Å². The molecular weight excluding hydrogens is 762 g/mol. The molecular formula is C57H36FN3O. The predicted octanol–water partition coefficient (Wildman–Crippen LogP) is 16.9. The number of hydrogen-bond donors (Lipinski definition) is 0. The highest BCUT2D eigenvalue weighted by molar-refractivity contribution is 6.30. The first-order valence-corrected chi connectivity index (χ1v) is 20.6. The summed E-state index contributed by atoms with van der Waals surface area (Å²) >= 11 is 0. The third-order valence-electron chi connectivity index (χ3n) is 11.7. The average molecular weight is 798 g/mol. The van der Waals surface area contributed by atoms with Gasteiger partial charge in [0.1, 0.15) is 17.0 Å². The molecule has 10 aromatic carbocycles. The van der Waals surface area contributed by atoms with E-state index in [9.17, 15) is 0 Å². The third-order valence-corrected chi connectivity index (χ3v) is 11.7. The van der Waals surface area contributed by atoms with E-state index in [0.717, 1.165) is 94.2 Å². The van der Waals surface area contributed by atoms with Crippen molar-refractivity contribution in [1.29, 1.82) is 0 Å². The summed E-state index contributed by atoms with van der Waals surface area (Å²) in [6, 6.07) is 72.8. The summed E-state index contributed by atoms with van der Waals surface area (Å²) in [4.78, 5) is 7.87. The first-order chi connectivity index (χ1) is 30.6. The van der Waals surface area contributed by atoms with Crippen LogP contribution in [0.5, 0.6) is 0 Å². The van der Waals surface area contributed by atoms with Gasteiger partial charge in [0.25, 0.3) is 0 Å². The summed E-state index contributed by atoms with van der Waals surface area (Å²) in [5.74, 6) is -0.368. The molecule has 1 aromatic heterocycles. The number of fused-ring (bicyclic) bond motifs is 8. The SMILES string of the molecule is [C-]#[N+]c1ccc(N(c2ccc3c(c2)c2ccccc2c2c4ccc(N(c5ccccc5)c5ccccc5)cc4oc32)c2c(F)cc(-c3ccccc3)cc2-c2ccccc2)cc1. The van der Waals surface area contributed by atoms with Crippen molar-refractivity contribution in [3.63, 3.8) is 0 Å². The molecule has 0 fully saturated rings. The molecule has 0 aliphatic rings. The van der Waals surface area contributed by atoms with Gasteiger partial charge in [0.05, 0.1) is 12.3 Å². The molecule has 11 aromatic rings. The van der Waals surface area contributed by atoms with E-state index in [2.05, 4.69) is 119 Å². The topological polar surface area (TPSA) is 24.0 Å². The molecule has 62 heavy (non-hydrogen) atoms. The lowest BCUT2D eigenvalue weighted by atomic mass is 9.94. The van der Waals surface area contributed by atoms with Crippen LogP contribution in [0.2, 0.25) is 0 Å². The molecule has 0 saturated carbocycles. The molecule has 0 saturated heterocycles. The number of hydrogen-bond acceptors (Lipinski definition) is 3. The number of anilines is 6. The molecule has 0 N–H and O–H groups in total. The lowest BCUT2D eigenvalue weighted by Gasteiger charge is -2.29. The minimum atomic E-state index is -0.368. The Morgan fingerprint density at radius 3 is 1.58 bits per heavy atom. The first kappa shape index (κ1) is 36.6. The molecule has 4 nitrogen and oxygen atoms in total. The molecule has 0 unspecified atom stereocenters. The zero-order valence-electron chi connectivity index (χ0n) is 33.4. The van der Waals surface area contributed by atoms with Gasteiger partial charge in [-0.25, -0.2) is 9.24 Å². The average Bonchev–Trinajstić information content (AvgIpc) is 3.73. The van der Waals surface area contributed by atoms with Crippen LogP contribution in [-0.2, 0) is 0 Å². The van der Waals surface area contributed by atoms with Gasteiger partial charge in [0.2, 0.25) is 0 Å². The minimum Gasteiger partial charge on any atom is -0.455 e. The Morgan fingerprint density at radius 1 is 0.403 bits per heavy atom. The van der Waals surface area contributed by atoms with Crippen molar-refractivity contribution >= 4 is 83.3 Å². The maximum Gasteiger partial charge on any atom is 0.187 e. The fourth-order valence-corrected chi connectivity index (χ4v) is 8.86. The van der Waals surface area contributed by atoms with Crippen LogP contribution in [0.3, 0.4) is 0 Å². The van der Waals surface area contributed by atoms with Crippen LogP contribution in [0.4, 0.5) is 44.2 Å². The molecule has 0 aliphatic carbocycles. The van der Waals surface area contributed by atoms with E-state index < -0.39 is 0 Å². The van der Waals surface area contributed by atoms with Crippen molar-refractivity contribution in [2.24, 2.45) is 0 Å². The van der Waals surface area contributed by atoms with Gasteiger partial charge < -0.3 is 14.2 Å². The lowest BCUT2D eigenvalue weighted by Crippen LogP contribution is -2.13. The fraction of sp³-hybridized carbons (Fsp3) is 0. The van der Waals surface area contributed by atoms with Crippen molar-refractivity contribution in [3.05, 3.63) is 236 Å². The Balaban J connectivity index is 1.14. The van der Waals surface area contributed by atoms with Crippen molar-refractivity contribution in [1.82, 2.24) is 0 Å². The van der Waals surface area contributed by atoms with E-state index in [-0.39, 0.29) is 5.82 Å². The highest BCUT2D eigenvalue weighted by Crippen LogP contribution is 2.48. The Hall–Kier alpha value is -8.46. The fourth-order valence-electron chi connectivity index (χ4n) is 8.86. The molecule has 0 radical (unpaired) electrons. The van der Waals surface area contributed by atoms with Crippen molar-refractivity contribution in [3.8, 4) is 22.3 Å². The first-order valence-electron chi connectivity index (χ1n) is 20.6. The van der Waals surface area contributed by atoms with Crippen LogP contribution in [0.25, 0.3) is 70.6 Å². The van der Waals surface area contributed by atoms with Crippen molar-refractivity contribution < 1.29 is 8.81 Å². The van der Waals surface area contributed by atoms with E-state index >= 15 is 4.39 Å². The number of rotatable bonds is 8. The number of para-hydroxylation sites is 2. The van der Waals surface area contributed by atoms with E-state index in [0.29, 0.717) is 11.4 Å². The minimum absolute atomic E-state index is 0.368. The summed E-state index contributed by atoms with van der Waals surface area (Å²) < 4.78 is 24.3. The molecule has 0 spiro atoms. The normalized spacial score (nSPS) is 11.3. The Morgan fingerprint density at radius 2 is 0.935 bits per heavy atom. The summed E-state index contributed by atoms with van der Waals surface area (Å²) in [6.07, 6.45) is 0. The van der Waals surface area contributed by atoms with Crippen LogP contribution in [0.1, 0.15) is 0 Å². The van der Waals surface area contributed by atoms with Gasteiger partial charge in [0.15, 0.2) is 5.69 Å². The Kier molecular flexibility index (Phi) is 9.03. The quantitative estimate of drug-likeness (QED) is 0.113. The number of benzene rings is 10. The zero-order chi connectivity index (χ0) is 41.6. The lowest BCUT2D eigenvalue weighted by molar-refractivity contribution is 0.630. The van der Waals surface area contributed by atoms with Gasteiger partial charge in [-0.3, -0.25) is 0 Å². The van der Waals surface area contributed by atoms with Gasteiger partial charge in [0, 0.05) is 56.2 Å². The van der Waals surface area contributed by atoms with Gasteiger partial charge in [-0.2, -0.15) is 0 Å². The van der Waals surface area contributed by atoms with Gasteiger partial charge in [-0.15, -0.1) is 0 Å². The Bertz CT molecular complexity index is 3430. The number of nitrogens with zero attached hydrogens (tertiary/aromatic N) is 3. The molecule has 0 aliphatic heterocycles. The highest BCUT2D eigenvalue weighted by atomic mass is 19.1. The second-order valence-corrected chi connectivity index (χ2v) is 15.3. The molecule has 0 atom stereocenters. The van der Waals surface area contributed by atoms with E-state index in [1.807, 2.05) is 95.9 Å². The van der Waals surface area contributed by atoms with Crippen LogP contribution < -0.4 is 9.80 Å². The van der Waals surface area contributed by atoms with Crippen molar-refractivity contribution in [2.75, 3.05) is 9.80 Å². The summed E-state index contributed by atoms with van der Waals surface area (Å²) in [7, 11) is 0. The van der Waals surface area contributed by atoms with Gasteiger partial charge in [-0.1, -0.05) is 133 Å². The van der Waals surface area contributed by atoms with Crippen LogP contribution >= 0.6 is 0 Å².